The van der Waals surface area contributed by atoms with Crippen LogP contribution in [0.2, 0.25) is 0 Å². The molecule has 3 aliphatic heterocycles. The van der Waals surface area contributed by atoms with E-state index in [2.05, 4.69) is 16.3 Å². The van der Waals surface area contributed by atoms with Gasteiger partial charge in [0.15, 0.2) is 0 Å². The van der Waals surface area contributed by atoms with E-state index in [1.54, 1.807) is 0 Å². The molecule has 0 saturated carbocycles. The number of likely N-dealkylation sites (tertiary alicyclic amines) is 1. The summed E-state index contributed by atoms with van der Waals surface area (Å²) in [5, 5.41) is 2.98. The summed E-state index contributed by atoms with van der Waals surface area (Å²) in [5.41, 5.74) is 2.53. The Labute approximate surface area is 148 Å². The van der Waals surface area contributed by atoms with E-state index in [1.165, 1.54) is 5.56 Å². The molecular weight excluding hydrogens is 318 g/mol. The van der Waals surface area contributed by atoms with Gasteiger partial charge in [0.05, 0.1) is 11.3 Å². The first-order chi connectivity index (χ1) is 11.8. The van der Waals surface area contributed by atoms with E-state index in [-0.39, 0.29) is 17.9 Å². The van der Waals surface area contributed by atoms with Crippen molar-refractivity contribution in [2.24, 2.45) is 0 Å². The van der Waals surface area contributed by atoms with Crippen LogP contribution in [0.15, 0.2) is 18.2 Å². The fourth-order valence-corrected chi connectivity index (χ4v) is 4.30. The highest BCUT2D eigenvalue weighted by Crippen LogP contribution is 2.46. The van der Waals surface area contributed by atoms with Crippen LogP contribution < -0.4 is 10.2 Å². The number of para-hydroxylation sites is 1. The second-order valence-electron chi connectivity index (χ2n) is 8.08. The van der Waals surface area contributed by atoms with Crippen molar-refractivity contribution >= 4 is 17.7 Å². The summed E-state index contributed by atoms with van der Waals surface area (Å²) in [7, 11) is 0. The van der Waals surface area contributed by atoms with Gasteiger partial charge < -0.3 is 19.9 Å². The second-order valence-corrected chi connectivity index (χ2v) is 8.08. The highest BCUT2D eigenvalue weighted by Gasteiger charge is 2.45. The molecule has 0 unspecified atom stereocenters. The maximum atomic E-state index is 12.5. The molecule has 1 aromatic rings. The topological polar surface area (TPSA) is 61.9 Å². The Kier molecular flexibility index (Phi) is 3.67. The maximum Gasteiger partial charge on any atom is 0.410 e. The lowest BCUT2D eigenvalue weighted by atomic mass is 9.88. The molecule has 6 heteroatoms. The summed E-state index contributed by atoms with van der Waals surface area (Å²) in [6.45, 7) is 8.49. The van der Waals surface area contributed by atoms with Crippen molar-refractivity contribution in [3.63, 3.8) is 0 Å². The number of amides is 2. The van der Waals surface area contributed by atoms with Crippen molar-refractivity contribution in [3.05, 3.63) is 29.3 Å². The van der Waals surface area contributed by atoms with Gasteiger partial charge in [0.2, 0.25) is 0 Å². The molecule has 0 aromatic heterocycles. The molecule has 0 aliphatic carbocycles. The number of anilines is 1. The predicted molar refractivity (Wildman–Crippen MR) is 95.1 cm³/mol. The van der Waals surface area contributed by atoms with Gasteiger partial charge in [0, 0.05) is 38.1 Å². The zero-order valence-corrected chi connectivity index (χ0v) is 15.0. The maximum absolute atomic E-state index is 12.5. The van der Waals surface area contributed by atoms with Crippen molar-refractivity contribution in [2.45, 2.75) is 44.8 Å². The smallest absolute Gasteiger partial charge is 0.410 e. The summed E-state index contributed by atoms with van der Waals surface area (Å²) < 4.78 is 5.55. The lowest BCUT2D eigenvalue weighted by Gasteiger charge is -2.39. The van der Waals surface area contributed by atoms with E-state index in [1.807, 2.05) is 37.8 Å². The van der Waals surface area contributed by atoms with Gasteiger partial charge in [-0.1, -0.05) is 12.1 Å². The largest absolute Gasteiger partial charge is 0.444 e. The molecular formula is C19H25N3O3. The highest BCUT2D eigenvalue weighted by molar-refractivity contribution is 6.02. The lowest BCUT2D eigenvalue weighted by Crippen LogP contribution is -2.50. The average molecular weight is 343 g/mol. The molecule has 0 bridgehead atoms. The van der Waals surface area contributed by atoms with Crippen LogP contribution in [0.5, 0.6) is 0 Å². The molecule has 3 aliphatic rings. The van der Waals surface area contributed by atoms with Gasteiger partial charge in [-0.3, -0.25) is 4.79 Å². The number of carbonyl (C=O) groups excluding carboxylic acids is 2. The Bertz CT molecular complexity index is 725. The van der Waals surface area contributed by atoms with Crippen LogP contribution in [0.25, 0.3) is 0 Å². The number of ether oxygens (including phenoxy) is 1. The van der Waals surface area contributed by atoms with Crippen LogP contribution in [0.3, 0.4) is 0 Å². The summed E-state index contributed by atoms with van der Waals surface area (Å²) in [6.07, 6.45) is 0.651. The minimum atomic E-state index is -0.486. The third-order valence-corrected chi connectivity index (χ3v) is 5.27. The number of rotatable bonds is 0. The number of piperidine rings is 1. The molecule has 3 heterocycles. The molecule has 0 spiro atoms. The number of hydrogen-bond acceptors (Lipinski definition) is 4. The van der Waals surface area contributed by atoms with Crippen LogP contribution >= 0.6 is 0 Å². The minimum Gasteiger partial charge on any atom is -0.444 e. The van der Waals surface area contributed by atoms with Crippen LogP contribution in [0.1, 0.15) is 49.0 Å². The molecule has 25 heavy (non-hydrogen) atoms. The lowest BCUT2D eigenvalue weighted by molar-refractivity contribution is 0.0189. The first kappa shape index (κ1) is 16.2. The fourth-order valence-electron chi connectivity index (χ4n) is 4.30. The van der Waals surface area contributed by atoms with Crippen LogP contribution in [-0.4, -0.2) is 54.7 Å². The molecule has 1 fully saturated rings. The standard InChI is InChI=1S/C19H25N3O3/c1-19(2,3)25-18(24)21-9-7-15-14(11-21)12-5-4-6-13-16(12)22(15)10-8-20-17(13)23/h4-6,14-15H,7-11H2,1-3H3,(H,20,23)/t14-,15-/m0/s1. The van der Waals surface area contributed by atoms with Crippen molar-refractivity contribution < 1.29 is 14.3 Å². The molecule has 134 valence electrons. The van der Waals surface area contributed by atoms with Crippen molar-refractivity contribution in [1.29, 1.82) is 0 Å². The molecule has 0 radical (unpaired) electrons. The number of nitrogens with zero attached hydrogens (tertiary/aromatic N) is 2. The van der Waals surface area contributed by atoms with Gasteiger partial charge in [-0.05, 0) is 38.8 Å². The summed E-state index contributed by atoms with van der Waals surface area (Å²) in [5.74, 6) is 0.240. The molecule has 1 saturated heterocycles. The first-order valence-corrected chi connectivity index (χ1v) is 9.01. The van der Waals surface area contributed by atoms with Gasteiger partial charge in [-0.15, -0.1) is 0 Å². The monoisotopic (exact) mass is 343 g/mol. The second kappa shape index (κ2) is 5.64. The van der Waals surface area contributed by atoms with E-state index in [4.69, 9.17) is 4.74 Å². The molecule has 1 aromatic carbocycles. The van der Waals surface area contributed by atoms with Gasteiger partial charge >= 0.3 is 6.09 Å². The average Bonchev–Trinajstić information content (AvgIpc) is 2.76. The van der Waals surface area contributed by atoms with Crippen molar-refractivity contribution in [2.75, 3.05) is 31.1 Å². The Morgan fingerprint density at radius 3 is 2.84 bits per heavy atom. The van der Waals surface area contributed by atoms with E-state index in [9.17, 15) is 9.59 Å². The Hall–Kier alpha value is -2.24. The number of benzene rings is 1. The number of nitrogens with one attached hydrogen (secondary N) is 1. The van der Waals surface area contributed by atoms with Gasteiger partial charge in [0.25, 0.3) is 5.91 Å². The van der Waals surface area contributed by atoms with Gasteiger partial charge in [-0.25, -0.2) is 4.79 Å². The summed E-state index contributed by atoms with van der Waals surface area (Å²) in [4.78, 5) is 29.0. The van der Waals surface area contributed by atoms with Crippen molar-refractivity contribution in [1.82, 2.24) is 10.2 Å². The fraction of sp³-hybridized carbons (Fsp3) is 0.579. The quantitative estimate of drug-likeness (QED) is 0.785. The minimum absolute atomic E-state index is 0.00185. The Morgan fingerprint density at radius 1 is 1.28 bits per heavy atom. The Morgan fingerprint density at radius 2 is 2.08 bits per heavy atom. The normalized spacial score (nSPS) is 25.0. The first-order valence-electron chi connectivity index (χ1n) is 9.01. The summed E-state index contributed by atoms with van der Waals surface area (Å²) in [6, 6.07) is 6.30. The molecule has 2 amide bonds. The number of hydrogen-bond donors (Lipinski definition) is 1. The predicted octanol–water partition coefficient (Wildman–Crippen LogP) is 2.34. The van der Waals surface area contributed by atoms with Crippen LogP contribution in [-0.2, 0) is 4.74 Å². The summed E-state index contributed by atoms with van der Waals surface area (Å²) >= 11 is 0. The molecule has 4 rings (SSSR count). The molecule has 2 atom stereocenters. The van der Waals surface area contributed by atoms with Gasteiger partial charge in [0.1, 0.15) is 5.60 Å². The Balaban J connectivity index is 1.64. The zero-order valence-electron chi connectivity index (χ0n) is 15.0. The zero-order chi connectivity index (χ0) is 17.8. The SMILES string of the molecule is CC(C)(C)OC(=O)N1CC[C@H]2[C@@H](C1)c1cccc3c1N2CCNC3=O. The van der Waals surface area contributed by atoms with Crippen LogP contribution in [0.4, 0.5) is 10.5 Å². The highest BCUT2D eigenvalue weighted by atomic mass is 16.6. The molecule has 6 nitrogen and oxygen atoms in total. The number of carbonyl (C=O) groups is 2. The van der Waals surface area contributed by atoms with Crippen LogP contribution in [0, 0.1) is 0 Å². The molecule has 1 N–H and O–H groups in total. The van der Waals surface area contributed by atoms with Crippen molar-refractivity contribution in [3.8, 4) is 0 Å². The van der Waals surface area contributed by atoms with E-state index >= 15 is 0 Å². The number of fused-ring (bicyclic) bond motifs is 3. The van der Waals surface area contributed by atoms with Gasteiger partial charge in [-0.2, -0.15) is 0 Å². The van der Waals surface area contributed by atoms with E-state index in [0.717, 1.165) is 24.2 Å². The van der Waals surface area contributed by atoms with E-state index in [0.29, 0.717) is 25.7 Å². The third kappa shape index (κ3) is 2.73. The third-order valence-electron chi connectivity index (χ3n) is 5.27. The van der Waals surface area contributed by atoms with E-state index < -0.39 is 5.60 Å².